The molecule has 2 amide bonds. The van der Waals surface area contributed by atoms with E-state index in [0.717, 1.165) is 0 Å². The molecule has 5 nitrogen and oxygen atoms in total. The highest BCUT2D eigenvalue weighted by molar-refractivity contribution is 5.82. The molecule has 0 aliphatic rings. The smallest absolute Gasteiger partial charge is 0.407 e. The summed E-state index contributed by atoms with van der Waals surface area (Å²) in [7, 11) is 0. The molecule has 0 radical (unpaired) electrons. The van der Waals surface area contributed by atoms with Crippen LogP contribution in [0.25, 0.3) is 0 Å². The van der Waals surface area contributed by atoms with E-state index in [1.807, 2.05) is 0 Å². The Labute approximate surface area is 111 Å². The monoisotopic (exact) mass is 268 g/mol. The third kappa shape index (κ3) is 5.85. The van der Waals surface area contributed by atoms with E-state index < -0.39 is 6.09 Å². The van der Waals surface area contributed by atoms with Crippen molar-refractivity contribution in [1.29, 1.82) is 0 Å². The van der Waals surface area contributed by atoms with E-state index in [2.05, 4.69) is 15.4 Å². The van der Waals surface area contributed by atoms with Gasteiger partial charge in [0.05, 0.1) is 13.2 Å². The second-order valence-electron chi connectivity index (χ2n) is 3.77. The lowest BCUT2D eigenvalue weighted by atomic mass is 10.1. The van der Waals surface area contributed by atoms with Crippen molar-refractivity contribution < 1.29 is 18.7 Å². The van der Waals surface area contributed by atoms with Crippen LogP contribution in [0.3, 0.4) is 0 Å². The summed E-state index contributed by atoms with van der Waals surface area (Å²) >= 11 is 0. The van der Waals surface area contributed by atoms with Gasteiger partial charge in [0.2, 0.25) is 5.91 Å². The van der Waals surface area contributed by atoms with Gasteiger partial charge in [0.1, 0.15) is 5.82 Å². The molecule has 0 unspecified atom stereocenters. The van der Waals surface area contributed by atoms with Gasteiger partial charge in [-0.1, -0.05) is 18.2 Å². The summed E-state index contributed by atoms with van der Waals surface area (Å²) in [4.78, 5) is 22.3. The first kappa shape index (κ1) is 14.9. The highest BCUT2D eigenvalue weighted by Gasteiger charge is 2.05. The van der Waals surface area contributed by atoms with E-state index in [-0.39, 0.29) is 24.9 Å². The van der Waals surface area contributed by atoms with E-state index in [1.54, 1.807) is 25.1 Å². The summed E-state index contributed by atoms with van der Waals surface area (Å²) in [5, 5.41) is 4.88. The van der Waals surface area contributed by atoms with Crippen LogP contribution in [-0.2, 0) is 16.0 Å². The number of hydrogen-bond acceptors (Lipinski definition) is 3. The molecule has 1 aromatic carbocycles. The Balaban J connectivity index is 2.21. The van der Waals surface area contributed by atoms with Gasteiger partial charge < -0.3 is 15.4 Å². The molecular weight excluding hydrogens is 251 g/mol. The van der Waals surface area contributed by atoms with Crippen LogP contribution in [0.1, 0.15) is 12.5 Å². The van der Waals surface area contributed by atoms with Gasteiger partial charge in [-0.05, 0) is 25.0 Å². The second kappa shape index (κ2) is 8.07. The molecule has 0 aliphatic heterocycles. The largest absolute Gasteiger partial charge is 0.450 e. The Kier molecular flexibility index (Phi) is 6.35. The minimum Gasteiger partial charge on any atom is -0.450 e. The lowest BCUT2D eigenvalue weighted by molar-refractivity contribution is -0.120. The Morgan fingerprint density at radius 1 is 1.26 bits per heavy atom. The van der Waals surface area contributed by atoms with Crippen molar-refractivity contribution in [1.82, 2.24) is 10.6 Å². The minimum atomic E-state index is -0.633. The van der Waals surface area contributed by atoms with Crippen molar-refractivity contribution in [3.05, 3.63) is 35.6 Å². The highest BCUT2D eigenvalue weighted by atomic mass is 19.1. The second-order valence-corrected chi connectivity index (χ2v) is 3.77. The topological polar surface area (TPSA) is 67.4 Å². The molecule has 6 heteroatoms. The van der Waals surface area contributed by atoms with Crippen molar-refractivity contribution in [3.63, 3.8) is 0 Å². The predicted molar refractivity (Wildman–Crippen MR) is 68.1 cm³/mol. The van der Waals surface area contributed by atoms with E-state index in [9.17, 15) is 14.0 Å². The number of benzene rings is 1. The van der Waals surface area contributed by atoms with Crippen molar-refractivity contribution in [2.45, 2.75) is 13.3 Å². The van der Waals surface area contributed by atoms with Gasteiger partial charge in [-0.25, -0.2) is 9.18 Å². The van der Waals surface area contributed by atoms with Crippen LogP contribution >= 0.6 is 0 Å². The van der Waals surface area contributed by atoms with Crippen LogP contribution in [0, 0.1) is 5.82 Å². The molecule has 0 aliphatic carbocycles. The van der Waals surface area contributed by atoms with Crippen LogP contribution in [0.15, 0.2) is 24.3 Å². The fourth-order valence-corrected chi connectivity index (χ4v) is 1.43. The normalized spacial score (nSPS) is 9.79. The molecule has 0 fully saturated rings. The molecule has 0 saturated carbocycles. The zero-order valence-corrected chi connectivity index (χ0v) is 10.7. The number of halogens is 1. The molecule has 1 aromatic rings. The van der Waals surface area contributed by atoms with Crippen molar-refractivity contribution in [2.24, 2.45) is 0 Å². The predicted octanol–water partition coefficient (Wildman–Crippen LogP) is 1.23. The van der Waals surface area contributed by atoms with Gasteiger partial charge in [-0.3, -0.25) is 4.79 Å². The number of rotatable bonds is 6. The van der Waals surface area contributed by atoms with Crippen molar-refractivity contribution in [3.8, 4) is 0 Å². The van der Waals surface area contributed by atoms with Gasteiger partial charge in [-0.2, -0.15) is 0 Å². The summed E-state index contributed by atoms with van der Waals surface area (Å²) in [6.07, 6.45) is -0.232. The van der Waals surface area contributed by atoms with Gasteiger partial charge >= 0.3 is 6.09 Å². The zero-order chi connectivity index (χ0) is 14.1. The highest BCUT2D eigenvalue weighted by Crippen LogP contribution is 2.05. The molecule has 2 N–H and O–H groups in total. The summed E-state index contributed by atoms with van der Waals surface area (Å²) in [6, 6.07) is 6.39. The number of hydrogen-bond donors (Lipinski definition) is 2. The van der Waals surface area contributed by atoms with Crippen LogP contribution in [0.4, 0.5) is 9.18 Å². The number of amides is 2. The SMILES string of the molecule is CCOC(=O)NCC(=O)NCCc1ccccc1F. The maximum atomic E-state index is 13.3. The fraction of sp³-hybridized carbons (Fsp3) is 0.385. The quantitative estimate of drug-likeness (QED) is 0.815. The van der Waals surface area contributed by atoms with Gasteiger partial charge in [0, 0.05) is 6.54 Å². The van der Waals surface area contributed by atoms with Crippen LogP contribution in [0.5, 0.6) is 0 Å². The lowest BCUT2D eigenvalue weighted by Crippen LogP contribution is -2.37. The van der Waals surface area contributed by atoms with E-state index >= 15 is 0 Å². The summed E-state index contributed by atoms with van der Waals surface area (Å²) in [6.45, 7) is 2.08. The van der Waals surface area contributed by atoms with Crippen LogP contribution in [-0.4, -0.2) is 31.7 Å². The maximum Gasteiger partial charge on any atom is 0.407 e. The average molecular weight is 268 g/mol. The van der Waals surface area contributed by atoms with E-state index in [4.69, 9.17) is 0 Å². The van der Waals surface area contributed by atoms with Gasteiger partial charge in [-0.15, -0.1) is 0 Å². The molecular formula is C13H17FN2O3. The van der Waals surface area contributed by atoms with E-state index in [0.29, 0.717) is 18.5 Å². The first-order valence-electron chi connectivity index (χ1n) is 6.04. The van der Waals surface area contributed by atoms with Crippen LogP contribution < -0.4 is 10.6 Å². The number of nitrogens with one attached hydrogen (secondary N) is 2. The Hall–Kier alpha value is -2.11. The molecule has 0 aromatic heterocycles. The van der Waals surface area contributed by atoms with Gasteiger partial charge in [0.15, 0.2) is 0 Å². The van der Waals surface area contributed by atoms with Crippen LogP contribution in [0.2, 0.25) is 0 Å². The first-order chi connectivity index (χ1) is 9.13. The zero-order valence-electron chi connectivity index (χ0n) is 10.7. The van der Waals surface area contributed by atoms with Gasteiger partial charge in [0.25, 0.3) is 0 Å². The summed E-state index contributed by atoms with van der Waals surface area (Å²) in [5.41, 5.74) is 0.543. The Morgan fingerprint density at radius 3 is 2.68 bits per heavy atom. The molecule has 0 heterocycles. The summed E-state index contributed by atoms with van der Waals surface area (Å²) < 4.78 is 17.9. The maximum absolute atomic E-state index is 13.3. The first-order valence-corrected chi connectivity index (χ1v) is 6.04. The average Bonchev–Trinajstić information content (AvgIpc) is 2.39. The molecule has 0 spiro atoms. The molecule has 104 valence electrons. The molecule has 0 saturated heterocycles. The molecule has 19 heavy (non-hydrogen) atoms. The molecule has 1 rings (SSSR count). The van der Waals surface area contributed by atoms with E-state index in [1.165, 1.54) is 6.07 Å². The number of alkyl carbamates (subject to hydrolysis) is 1. The summed E-state index contributed by atoms with van der Waals surface area (Å²) in [5.74, 6) is -0.634. The standard InChI is InChI=1S/C13H17FN2O3/c1-2-19-13(18)16-9-12(17)15-8-7-10-5-3-4-6-11(10)14/h3-6H,2,7-9H2,1H3,(H,15,17)(H,16,18). The molecule has 0 bridgehead atoms. The fourth-order valence-electron chi connectivity index (χ4n) is 1.43. The lowest BCUT2D eigenvalue weighted by Gasteiger charge is -2.07. The minimum absolute atomic E-state index is 0.157. The number of carbonyl (C=O) groups excluding carboxylic acids is 2. The van der Waals surface area contributed by atoms with Crippen molar-refractivity contribution in [2.75, 3.05) is 19.7 Å². The number of ether oxygens (including phenoxy) is 1. The third-order valence-electron chi connectivity index (χ3n) is 2.34. The molecule has 0 atom stereocenters. The number of carbonyl (C=O) groups is 2. The van der Waals surface area contributed by atoms with Crippen molar-refractivity contribution >= 4 is 12.0 Å². The third-order valence-corrected chi connectivity index (χ3v) is 2.34. The Bertz CT molecular complexity index is 438. The Morgan fingerprint density at radius 2 is 2.00 bits per heavy atom.